The highest BCUT2D eigenvalue weighted by Crippen LogP contribution is 2.30. The highest BCUT2D eigenvalue weighted by atomic mass is 35.5. The summed E-state index contributed by atoms with van der Waals surface area (Å²) in [6.45, 7) is 1.36. The van der Waals surface area contributed by atoms with Crippen LogP contribution >= 0.6 is 11.6 Å². The molecule has 0 radical (unpaired) electrons. The van der Waals surface area contributed by atoms with Crippen molar-refractivity contribution < 1.29 is 0 Å². The number of rotatable bonds is 4. The van der Waals surface area contributed by atoms with Crippen LogP contribution in [0, 0.1) is 0 Å². The fourth-order valence-electron chi connectivity index (χ4n) is 3.37. The molecular formula is C13H24ClN. The van der Waals surface area contributed by atoms with Crippen LogP contribution in [0.5, 0.6) is 0 Å². The van der Waals surface area contributed by atoms with Gasteiger partial charge in [0.15, 0.2) is 0 Å². The Labute approximate surface area is 99.2 Å². The molecular weight excluding hydrogens is 206 g/mol. The van der Waals surface area contributed by atoms with Crippen molar-refractivity contribution >= 4 is 11.6 Å². The first-order chi connectivity index (χ1) is 7.42. The van der Waals surface area contributed by atoms with Crippen molar-refractivity contribution in [2.75, 3.05) is 12.4 Å². The fraction of sp³-hybridized carbons (Fsp3) is 1.00. The van der Waals surface area contributed by atoms with Crippen LogP contribution < -0.4 is 0 Å². The summed E-state index contributed by atoms with van der Waals surface area (Å²) in [4.78, 5) is 2.81. The average molecular weight is 230 g/mol. The molecule has 0 N–H and O–H groups in total. The van der Waals surface area contributed by atoms with Gasteiger partial charge in [-0.05, 0) is 45.1 Å². The van der Waals surface area contributed by atoms with Gasteiger partial charge in [-0.15, -0.1) is 11.6 Å². The number of nitrogens with zero attached hydrogens (tertiary/aromatic N) is 1. The van der Waals surface area contributed by atoms with Crippen molar-refractivity contribution in [2.24, 2.45) is 0 Å². The lowest BCUT2D eigenvalue weighted by Gasteiger charge is -2.35. The lowest BCUT2D eigenvalue weighted by atomic mass is 9.93. The second kappa shape index (κ2) is 6.10. The summed E-state index contributed by atoms with van der Waals surface area (Å²) in [6, 6.07) is 1.79. The summed E-state index contributed by atoms with van der Waals surface area (Å²) in [6.07, 6.45) is 12.7. The summed E-state index contributed by atoms with van der Waals surface area (Å²) in [5.74, 6) is 0.842. The van der Waals surface area contributed by atoms with Crippen LogP contribution in [0.4, 0.5) is 0 Å². The molecule has 0 bridgehead atoms. The lowest BCUT2D eigenvalue weighted by Crippen LogP contribution is -2.40. The normalized spacial score (nSPS) is 29.8. The second-order valence-corrected chi connectivity index (χ2v) is 5.53. The Balaban J connectivity index is 1.82. The van der Waals surface area contributed by atoms with Crippen LogP contribution in [-0.4, -0.2) is 29.4 Å². The highest BCUT2D eigenvalue weighted by molar-refractivity contribution is 6.17. The van der Waals surface area contributed by atoms with Crippen LogP contribution in [0.25, 0.3) is 0 Å². The first-order valence-electron chi connectivity index (χ1n) is 6.73. The Morgan fingerprint density at radius 2 is 1.80 bits per heavy atom. The minimum atomic E-state index is 0.842. The van der Waals surface area contributed by atoms with E-state index >= 15 is 0 Å². The molecule has 1 heterocycles. The third-order valence-electron chi connectivity index (χ3n) is 4.14. The van der Waals surface area contributed by atoms with Gasteiger partial charge in [0.2, 0.25) is 0 Å². The molecule has 2 fully saturated rings. The maximum atomic E-state index is 5.79. The first kappa shape index (κ1) is 11.7. The van der Waals surface area contributed by atoms with Gasteiger partial charge in [-0.2, -0.15) is 0 Å². The maximum absolute atomic E-state index is 5.79. The van der Waals surface area contributed by atoms with Gasteiger partial charge in [-0.3, -0.25) is 4.90 Å². The summed E-state index contributed by atoms with van der Waals surface area (Å²) in [5, 5.41) is 0. The fourth-order valence-corrected chi connectivity index (χ4v) is 3.53. The van der Waals surface area contributed by atoms with Gasteiger partial charge in [0.25, 0.3) is 0 Å². The van der Waals surface area contributed by atoms with E-state index in [0.29, 0.717) is 0 Å². The van der Waals surface area contributed by atoms with Crippen LogP contribution in [0.3, 0.4) is 0 Å². The molecule has 88 valence electrons. The zero-order valence-electron chi connectivity index (χ0n) is 9.76. The third kappa shape index (κ3) is 3.10. The van der Waals surface area contributed by atoms with Crippen LogP contribution in [0.15, 0.2) is 0 Å². The van der Waals surface area contributed by atoms with Crippen molar-refractivity contribution in [3.8, 4) is 0 Å². The van der Waals surface area contributed by atoms with Crippen molar-refractivity contribution in [1.29, 1.82) is 0 Å². The lowest BCUT2D eigenvalue weighted by molar-refractivity contribution is 0.136. The van der Waals surface area contributed by atoms with Crippen LogP contribution in [0.2, 0.25) is 0 Å². The summed E-state index contributed by atoms with van der Waals surface area (Å²) in [7, 11) is 0. The largest absolute Gasteiger partial charge is 0.297 e. The Bertz CT molecular complexity index is 177. The predicted molar refractivity (Wildman–Crippen MR) is 66.6 cm³/mol. The monoisotopic (exact) mass is 229 g/mol. The van der Waals surface area contributed by atoms with Gasteiger partial charge < -0.3 is 0 Å². The Morgan fingerprint density at radius 3 is 2.53 bits per heavy atom. The molecule has 0 aromatic carbocycles. The van der Waals surface area contributed by atoms with E-state index in [2.05, 4.69) is 4.90 Å². The maximum Gasteiger partial charge on any atom is 0.0224 e. The minimum Gasteiger partial charge on any atom is -0.297 e. The van der Waals surface area contributed by atoms with Crippen molar-refractivity contribution in [1.82, 2.24) is 4.90 Å². The molecule has 2 aliphatic rings. The highest BCUT2D eigenvalue weighted by Gasteiger charge is 2.30. The molecule has 1 saturated carbocycles. The summed E-state index contributed by atoms with van der Waals surface area (Å²) >= 11 is 5.79. The number of hydrogen-bond acceptors (Lipinski definition) is 1. The van der Waals surface area contributed by atoms with Crippen LogP contribution in [-0.2, 0) is 0 Å². The SMILES string of the molecule is ClCCCC1CCCN1C1CCCCC1. The molecule has 1 atom stereocenters. The molecule has 1 aliphatic carbocycles. The van der Waals surface area contributed by atoms with Gasteiger partial charge in [0, 0.05) is 18.0 Å². The number of halogens is 1. The average Bonchev–Trinajstić information content (AvgIpc) is 2.75. The second-order valence-electron chi connectivity index (χ2n) is 5.16. The molecule has 1 aliphatic heterocycles. The van der Waals surface area contributed by atoms with Crippen molar-refractivity contribution in [2.45, 2.75) is 69.9 Å². The van der Waals surface area contributed by atoms with E-state index in [1.54, 1.807) is 0 Å². The van der Waals surface area contributed by atoms with Gasteiger partial charge in [0.1, 0.15) is 0 Å². The van der Waals surface area contributed by atoms with E-state index in [9.17, 15) is 0 Å². The first-order valence-corrected chi connectivity index (χ1v) is 7.27. The molecule has 0 amide bonds. The molecule has 1 saturated heterocycles. The molecule has 0 aromatic rings. The van der Waals surface area contributed by atoms with E-state index in [-0.39, 0.29) is 0 Å². The smallest absolute Gasteiger partial charge is 0.0224 e. The summed E-state index contributed by atoms with van der Waals surface area (Å²) < 4.78 is 0. The minimum absolute atomic E-state index is 0.842. The molecule has 1 unspecified atom stereocenters. The molecule has 0 aromatic heterocycles. The van der Waals surface area contributed by atoms with E-state index in [0.717, 1.165) is 18.0 Å². The van der Waals surface area contributed by atoms with Crippen LogP contribution in [0.1, 0.15) is 57.8 Å². The quantitative estimate of drug-likeness (QED) is 0.663. The number of hydrogen-bond donors (Lipinski definition) is 0. The molecule has 15 heavy (non-hydrogen) atoms. The standard InChI is InChI=1S/C13H24ClN/c14-10-4-8-13-9-5-11-15(13)12-6-2-1-3-7-12/h12-13H,1-11H2. The van der Waals surface area contributed by atoms with Gasteiger partial charge in [0.05, 0.1) is 0 Å². The van der Waals surface area contributed by atoms with Crippen molar-refractivity contribution in [3.63, 3.8) is 0 Å². The summed E-state index contributed by atoms with van der Waals surface area (Å²) in [5.41, 5.74) is 0. The molecule has 2 rings (SSSR count). The van der Waals surface area contributed by atoms with Gasteiger partial charge >= 0.3 is 0 Å². The predicted octanol–water partition coefficient (Wildman–Crippen LogP) is 3.80. The van der Waals surface area contributed by atoms with E-state index in [1.807, 2.05) is 0 Å². The third-order valence-corrected chi connectivity index (χ3v) is 4.40. The number of likely N-dealkylation sites (tertiary alicyclic amines) is 1. The Morgan fingerprint density at radius 1 is 1.00 bits per heavy atom. The topological polar surface area (TPSA) is 3.24 Å². The Kier molecular flexibility index (Phi) is 4.77. The van der Waals surface area contributed by atoms with Gasteiger partial charge in [-0.25, -0.2) is 0 Å². The molecule has 2 heteroatoms. The van der Waals surface area contributed by atoms with Gasteiger partial charge in [-0.1, -0.05) is 19.3 Å². The zero-order valence-corrected chi connectivity index (χ0v) is 10.5. The van der Waals surface area contributed by atoms with E-state index in [4.69, 9.17) is 11.6 Å². The van der Waals surface area contributed by atoms with E-state index in [1.165, 1.54) is 64.3 Å². The molecule has 0 spiro atoms. The van der Waals surface area contributed by atoms with Crippen molar-refractivity contribution in [3.05, 3.63) is 0 Å². The van der Waals surface area contributed by atoms with E-state index < -0.39 is 0 Å². The molecule has 1 nitrogen and oxygen atoms in total. The zero-order chi connectivity index (χ0) is 10.5. The Hall–Kier alpha value is 0.250. The number of alkyl halides is 1.